The second-order valence-corrected chi connectivity index (χ2v) is 9.20. The number of hydrogen-bond acceptors (Lipinski definition) is 5. The standard InChI is InChI=1S/C25H26BrNO5/c1-2-13-32-21-10-9-15(26)14-16(21)23-24-17(5-3-7-19(24)28)27(12-11-22(30)31)18-6-4-8-20(29)25(18)23/h2,9-10,14,23H,1,3-8,11-13H2,(H,30,31). The molecule has 168 valence electrons. The molecule has 32 heavy (non-hydrogen) atoms. The van der Waals surface area contributed by atoms with Gasteiger partial charge in [0.15, 0.2) is 11.6 Å². The molecule has 0 aromatic heterocycles. The van der Waals surface area contributed by atoms with Crippen molar-refractivity contribution in [3.05, 3.63) is 63.4 Å². The first-order valence-electron chi connectivity index (χ1n) is 11.0. The Bertz CT molecular complexity index is 1010. The first kappa shape index (κ1) is 22.5. The van der Waals surface area contributed by atoms with Gasteiger partial charge in [0.05, 0.1) is 6.42 Å². The molecule has 0 saturated heterocycles. The molecule has 2 aliphatic carbocycles. The molecular weight excluding hydrogens is 474 g/mol. The number of allylic oxidation sites excluding steroid dienone is 4. The van der Waals surface area contributed by atoms with E-state index in [1.807, 2.05) is 23.1 Å². The van der Waals surface area contributed by atoms with Crippen LogP contribution in [0, 0.1) is 0 Å². The maximum absolute atomic E-state index is 13.3. The third-order valence-electron chi connectivity index (χ3n) is 6.28. The first-order valence-corrected chi connectivity index (χ1v) is 11.8. The average Bonchev–Trinajstić information content (AvgIpc) is 2.76. The Morgan fingerprint density at radius 1 is 1.12 bits per heavy atom. The smallest absolute Gasteiger partial charge is 0.305 e. The number of hydrogen-bond donors (Lipinski definition) is 1. The molecule has 0 atom stereocenters. The van der Waals surface area contributed by atoms with E-state index in [0.717, 1.165) is 34.3 Å². The summed E-state index contributed by atoms with van der Waals surface area (Å²) >= 11 is 3.54. The third kappa shape index (κ3) is 4.18. The van der Waals surface area contributed by atoms with Crippen LogP contribution in [0.25, 0.3) is 0 Å². The minimum absolute atomic E-state index is 0.0242. The third-order valence-corrected chi connectivity index (χ3v) is 6.77. The van der Waals surface area contributed by atoms with Crippen molar-refractivity contribution >= 4 is 33.5 Å². The quantitative estimate of drug-likeness (QED) is 0.537. The second-order valence-electron chi connectivity index (χ2n) is 8.28. The number of nitrogens with zero attached hydrogens (tertiary/aromatic N) is 1. The van der Waals surface area contributed by atoms with Crippen LogP contribution in [0.4, 0.5) is 0 Å². The van der Waals surface area contributed by atoms with Gasteiger partial charge in [-0.25, -0.2) is 0 Å². The Morgan fingerprint density at radius 2 is 1.75 bits per heavy atom. The van der Waals surface area contributed by atoms with Crippen LogP contribution in [0.15, 0.2) is 57.9 Å². The number of aliphatic carboxylic acids is 1. The molecule has 1 aromatic carbocycles. The maximum atomic E-state index is 13.3. The first-order chi connectivity index (χ1) is 15.4. The zero-order valence-electron chi connectivity index (χ0n) is 17.9. The summed E-state index contributed by atoms with van der Waals surface area (Å²) < 4.78 is 6.77. The topological polar surface area (TPSA) is 83.9 Å². The van der Waals surface area contributed by atoms with E-state index < -0.39 is 11.9 Å². The van der Waals surface area contributed by atoms with Crippen LogP contribution in [-0.4, -0.2) is 40.7 Å². The number of ketones is 2. The number of rotatable bonds is 7. The van der Waals surface area contributed by atoms with E-state index in [9.17, 15) is 19.5 Å². The molecular formula is C25H26BrNO5. The largest absolute Gasteiger partial charge is 0.489 e. The predicted octanol–water partition coefficient (Wildman–Crippen LogP) is 4.90. The van der Waals surface area contributed by atoms with Gasteiger partial charge in [0.1, 0.15) is 12.4 Å². The lowest BCUT2D eigenvalue weighted by Gasteiger charge is -2.44. The molecule has 1 aliphatic heterocycles. The molecule has 0 fully saturated rings. The summed E-state index contributed by atoms with van der Waals surface area (Å²) in [6, 6.07) is 5.65. The number of carbonyl (C=O) groups excluding carboxylic acids is 2. The van der Waals surface area contributed by atoms with E-state index in [2.05, 4.69) is 22.5 Å². The fourth-order valence-electron chi connectivity index (χ4n) is 5.03. The van der Waals surface area contributed by atoms with Crippen LogP contribution in [0.3, 0.4) is 0 Å². The van der Waals surface area contributed by atoms with Crippen molar-refractivity contribution in [2.75, 3.05) is 13.2 Å². The van der Waals surface area contributed by atoms with Gasteiger partial charge in [0, 0.05) is 57.9 Å². The summed E-state index contributed by atoms with van der Waals surface area (Å²) in [6.07, 6.45) is 5.30. The van der Waals surface area contributed by atoms with Crippen molar-refractivity contribution < 1.29 is 24.2 Å². The molecule has 0 unspecified atom stereocenters. The predicted molar refractivity (Wildman–Crippen MR) is 123 cm³/mol. The zero-order valence-corrected chi connectivity index (χ0v) is 19.4. The monoisotopic (exact) mass is 499 g/mol. The van der Waals surface area contributed by atoms with Crippen LogP contribution in [0.2, 0.25) is 0 Å². The van der Waals surface area contributed by atoms with Gasteiger partial charge < -0.3 is 14.7 Å². The summed E-state index contributed by atoms with van der Waals surface area (Å²) in [5.41, 5.74) is 3.77. The van der Waals surface area contributed by atoms with Crippen molar-refractivity contribution in [3.63, 3.8) is 0 Å². The van der Waals surface area contributed by atoms with Crippen LogP contribution in [0.1, 0.15) is 56.4 Å². The van der Waals surface area contributed by atoms with Gasteiger partial charge in [0.25, 0.3) is 0 Å². The average molecular weight is 500 g/mol. The number of halogens is 1. The van der Waals surface area contributed by atoms with Crippen molar-refractivity contribution in [3.8, 4) is 5.75 Å². The molecule has 3 aliphatic rings. The van der Waals surface area contributed by atoms with E-state index >= 15 is 0 Å². The summed E-state index contributed by atoms with van der Waals surface area (Å²) in [4.78, 5) is 39.9. The Labute approximate surface area is 195 Å². The lowest BCUT2D eigenvalue weighted by Crippen LogP contribution is -2.40. The van der Waals surface area contributed by atoms with Crippen LogP contribution in [0.5, 0.6) is 5.75 Å². The summed E-state index contributed by atoms with van der Waals surface area (Å²) in [6.45, 7) is 4.29. The van der Waals surface area contributed by atoms with Crippen molar-refractivity contribution in [2.24, 2.45) is 0 Å². The highest BCUT2D eigenvalue weighted by atomic mass is 79.9. The molecule has 0 radical (unpaired) electrons. The molecule has 1 aromatic rings. The summed E-state index contributed by atoms with van der Waals surface area (Å²) in [5.74, 6) is -0.730. The highest BCUT2D eigenvalue weighted by molar-refractivity contribution is 9.10. The Hall–Kier alpha value is -2.67. The van der Waals surface area contributed by atoms with E-state index in [1.165, 1.54) is 0 Å². The minimum Gasteiger partial charge on any atom is -0.489 e. The van der Waals surface area contributed by atoms with Gasteiger partial charge in [0.2, 0.25) is 0 Å². The molecule has 1 heterocycles. The molecule has 6 nitrogen and oxygen atoms in total. The van der Waals surface area contributed by atoms with Gasteiger partial charge in [-0.1, -0.05) is 28.6 Å². The van der Waals surface area contributed by atoms with E-state index in [1.54, 1.807) is 6.08 Å². The molecule has 0 spiro atoms. The fourth-order valence-corrected chi connectivity index (χ4v) is 5.41. The number of carboxylic acid groups (broad SMARTS) is 1. The lowest BCUT2D eigenvalue weighted by molar-refractivity contribution is -0.137. The summed E-state index contributed by atoms with van der Waals surface area (Å²) in [5, 5.41) is 9.30. The number of carboxylic acids is 1. The zero-order chi connectivity index (χ0) is 22.8. The minimum atomic E-state index is -0.896. The van der Waals surface area contributed by atoms with Crippen molar-refractivity contribution in [2.45, 2.75) is 50.9 Å². The highest BCUT2D eigenvalue weighted by Crippen LogP contribution is 2.51. The lowest BCUT2D eigenvalue weighted by atomic mass is 9.70. The van der Waals surface area contributed by atoms with Gasteiger partial charge in [-0.05, 0) is 43.9 Å². The van der Waals surface area contributed by atoms with E-state index in [4.69, 9.17) is 4.74 Å². The van der Waals surface area contributed by atoms with Crippen LogP contribution in [-0.2, 0) is 14.4 Å². The number of ether oxygens (including phenoxy) is 1. The second kappa shape index (κ2) is 9.45. The molecule has 0 saturated carbocycles. The Kier molecular flexibility index (Phi) is 6.65. The van der Waals surface area contributed by atoms with Gasteiger partial charge in [-0.15, -0.1) is 0 Å². The summed E-state index contributed by atoms with van der Waals surface area (Å²) in [7, 11) is 0. The Morgan fingerprint density at radius 3 is 2.31 bits per heavy atom. The number of carbonyl (C=O) groups is 3. The number of benzene rings is 1. The van der Waals surface area contributed by atoms with E-state index in [0.29, 0.717) is 49.2 Å². The van der Waals surface area contributed by atoms with Crippen LogP contribution >= 0.6 is 15.9 Å². The van der Waals surface area contributed by atoms with Crippen molar-refractivity contribution in [1.82, 2.24) is 4.90 Å². The molecule has 0 bridgehead atoms. The maximum Gasteiger partial charge on any atom is 0.305 e. The normalized spacial score (nSPS) is 19.1. The van der Waals surface area contributed by atoms with E-state index in [-0.39, 0.29) is 24.5 Å². The van der Waals surface area contributed by atoms with Crippen LogP contribution < -0.4 is 4.74 Å². The van der Waals surface area contributed by atoms with Crippen molar-refractivity contribution in [1.29, 1.82) is 0 Å². The van der Waals surface area contributed by atoms with Gasteiger partial charge in [-0.2, -0.15) is 0 Å². The fraction of sp³-hybridized carbons (Fsp3) is 0.400. The molecule has 4 rings (SSSR count). The molecule has 0 amide bonds. The van der Waals surface area contributed by atoms with Gasteiger partial charge >= 0.3 is 5.97 Å². The SMILES string of the molecule is C=CCOc1ccc(Br)cc1C1C2=C(CCCC2=O)N(CCC(=O)O)C2=C1C(=O)CCC2. The molecule has 7 heteroatoms. The molecule has 1 N–H and O–H groups in total. The van der Waals surface area contributed by atoms with Gasteiger partial charge in [-0.3, -0.25) is 14.4 Å². The highest BCUT2D eigenvalue weighted by Gasteiger charge is 2.44. The Balaban J connectivity index is 1.94. The number of Topliss-reactive ketones (excluding diaryl/α,β-unsaturated/α-hetero) is 2.